The molecule has 2 atom stereocenters. The molecule has 0 saturated carbocycles. The van der Waals surface area contributed by atoms with E-state index in [1.807, 2.05) is 0 Å². The van der Waals surface area contributed by atoms with E-state index >= 15 is 0 Å². The number of hydrogen-bond acceptors (Lipinski definition) is 2. The fraction of sp³-hybridized carbons (Fsp3) is 0.600. The fourth-order valence-corrected chi connectivity index (χ4v) is 2.55. The van der Waals surface area contributed by atoms with E-state index in [-0.39, 0.29) is 17.7 Å². The van der Waals surface area contributed by atoms with Crippen molar-refractivity contribution < 1.29 is 4.74 Å². The van der Waals surface area contributed by atoms with Crippen LogP contribution in [0.5, 0.6) is 0 Å². The fourth-order valence-electron chi connectivity index (χ4n) is 2.55. The molecule has 1 aromatic rings. The van der Waals surface area contributed by atoms with Crippen molar-refractivity contribution in [2.45, 2.75) is 57.8 Å². The van der Waals surface area contributed by atoms with Gasteiger partial charge < -0.3 is 10.5 Å². The molecule has 1 aromatic carbocycles. The van der Waals surface area contributed by atoms with Gasteiger partial charge in [0.1, 0.15) is 0 Å². The van der Waals surface area contributed by atoms with Crippen LogP contribution in [0.1, 0.15) is 50.8 Å². The van der Waals surface area contributed by atoms with Gasteiger partial charge >= 0.3 is 0 Å². The molecular formula is C15H23NO. The zero-order valence-corrected chi connectivity index (χ0v) is 11.1. The molecule has 2 rings (SSSR count). The van der Waals surface area contributed by atoms with Crippen LogP contribution >= 0.6 is 0 Å². The third-order valence-corrected chi connectivity index (χ3v) is 3.25. The van der Waals surface area contributed by atoms with Gasteiger partial charge in [-0.15, -0.1) is 0 Å². The van der Waals surface area contributed by atoms with E-state index in [1.54, 1.807) is 0 Å². The highest BCUT2D eigenvalue weighted by molar-refractivity contribution is 5.31. The first-order valence-corrected chi connectivity index (χ1v) is 6.48. The van der Waals surface area contributed by atoms with Gasteiger partial charge in [-0.1, -0.05) is 24.3 Å². The second kappa shape index (κ2) is 4.79. The highest BCUT2D eigenvalue weighted by atomic mass is 16.5. The van der Waals surface area contributed by atoms with Gasteiger partial charge in [-0.05, 0) is 51.2 Å². The average molecular weight is 233 g/mol. The molecule has 0 aromatic heterocycles. The Kier molecular flexibility index (Phi) is 3.55. The van der Waals surface area contributed by atoms with Crippen LogP contribution in [0, 0.1) is 0 Å². The predicted molar refractivity (Wildman–Crippen MR) is 70.9 cm³/mol. The lowest BCUT2D eigenvalue weighted by Gasteiger charge is -2.31. The Bertz CT molecular complexity index is 381. The minimum absolute atomic E-state index is 0.00734. The highest BCUT2D eigenvalue weighted by Crippen LogP contribution is 2.31. The molecule has 2 heteroatoms. The Morgan fingerprint density at radius 3 is 2.65 bits per heavy atom. The van der Waals surface area contributed by atoms with Crippen LogP contribution in [0.25, 0.3) is 0 Å². The van der Waals surface area contributed by atoms with Crippen molar-refractivity contribution >= 4 is 0 Å². The van der Waals surface area contributed by atoms with Crippen LogP contribution in [0.4, 0.5) is 0 Å². The lowest BCUT2D eigenvalue weighted by Crippen LogP contribution is -2.35. The van der Waals surface area contributed by atoms with E-state index in [4.69, 9.17) is 10.5 Å². The van der Waals surface area contributed by atoms with Crippen LogP contribution in [0.3, 0.4) is 0 Å². The molecule has 0 heterocycles. The number of hydrogen-bond donors (Lipinski definition) is 1. The van der Waals surface area contributed by atoms with Crippen molar-refractivity contribution in [2.75, 3.05) is 0 Å². The molecule has 0 saturated heterocycles. The largest absolute Gasteiger partial charge is 0.371 e. The number of fused-ring (bicyclic) bond motifs is 1. The molecule has 0 radical (unpaired) electrons. The molecule has 0 bridgehead atoms. The van der Waals surface area contributed by atoms with E-state index in [1.165, 1.54) is 11.1 Å². The molecule has 0 amide bonds. The molecule has 2 nitrogen and oxygen atoms in total. The van der Waals surface area contributed by atoms with Crippen LogP contribution in [-0.2, 0) is 11.2 Å². The van der Waals surface area contributed by atoms with Gasteiger partial charge in [0.15, 0.2) is 0 Å². The topological polar surface area (TPSA) is 35.2 Å². The maximum Gasteiger partial charge on any atom is 0.0774 e. The molecule has 1 aliphatic carbocycles. The standard InChI is InChI=1S/C15H23NO/c1-15(2,3)17-13-10-6-8-11-7-4-5-9-12(11)14(13)16/h4-5,7,9,13-14H,6,8,10,16H2,1-3H3. The second-order valence-corrected chi connectivity index (χ2v) is 5.89. The maximum atomic E-state index is 6.37. The van der Waals surface area contributed by atoms with Crippen molar-refractivity contribution in [3.63, 3.8) is 0 Å². The first-order valence-electron chi connectivity index (χ1n) is 6.48. The van der Waals surface area contributed by atoms with Crippen LogP contribution in [-0.4, -0.2) is 11.7 Å². The Morgan fingerprint density at radius 1 is 1.24 bits per heavy atom. The van der Waals surface area contributed by atoms with E-state index in [0.29, 0.717) is 0 Å². The van der Waals surface area contributed by atoms with Gasteiger partial charge in [0.2, 0.25) is 0 Å². The molecule has 94 valence electrons. The molecule has 0 spiro atoms. The Hall–Kier alpha value is -0.860. The SMILES string of the molecule is CC(C)(C)OC1CCCc2ccccc2C1N. The molecule has 17 heavy (non-hydrogen) atoms. The summed E-state index contributed by atoms with van der Waals surface area (Å²) in [5, 5.41) is 0. The average Bonchev–Trinajstić information content (AvgIpc) is 2.39. The Morgan fingerprint density at radius 2 is 1.94 bits per heavy atom. The lowest BCUT2D eigenvalue weighted by molar-refractivity contribution is -0.0734. The first kappa shape index (κ1) is 12.6. The van der Waals surface area contributed by atoms with Crippen molar-refractivity contribution in [1.82, 2.24) is 0 Å². The van der Waals surface area contributed by atoms with Crippen LogP contribution < -0.4 is 5.73 Å². The van der Waals surface area contributed by atoms with Crippen LogP contribution in [0.15, 0.2) is 24.3 Å². The third kappa shape index (κ3) is 3.08. The van der Waals surface area contributed by atoms with Gasteiger partial charge in [-0.3, -0.25) is 0 Å². The molecule has 0 aliphatic heterocycles. The van der Waals surface area contributed by atoms with E-state index < -0.39 is 0 Å². The number of ether oxygens (including phenoxy) is 1. The minimum atomic E-state index is -0.123. The molecule has 2 N–H and O–H groups in total. The van der Waals surface area contributed by atoms with Crippen LogP contribution in [0.2, 0.25) is 0 Å². The summed E-state index contributed by atoms with van der Waals surface area (Å²) in [4.78, 5) is 0. The molecule has 2 unspecified atom stereocenters. The van der Waals surface area contributed by atoms with Crippen molar-refractivity contribution in [1.29, 1.82) is 0 Å². The molecular weight excluding hydrogens is 210 g/mol. The van der Waals surface area contributed by atoms with Gasteiger partial charge in [0, 0.05) is 0 Å². The quantitative estimate of drug-likeness (QED) is 0.756. The highest BCUT2D eigenvalue weighted by Gasteiger charge is 2.28. The first-order chi connectivity index (χ1) is 7.97. The summed E-state index contributed by atoms with van der Waals surface area (Å²) in [5.41, 5.74) is 8.90. The van der Waals surface area contributed by atoms with E-state index in [9.17, 15) is 0 Å². The number of aryl methyl sites for hydroxylation is 1. The smallest absolute Gasteiger partial charge is 0.0774 e. The summed E-state index contributed by atoms with van der Waals surface area (Å²) in [6, 6.07) is 8.50. The number of nitrogens with two attached hydrogens (primary N) is 1. The maximum absolute atomic E-state index is 6.37. The van der Waals surface area contributed by atoms with Gasteiger partial charge in [0.05, 0.1) is 17.7 Å². The predicted octanol–water partition coefficient (Wildman–Crippen LogP) is 3.21. The molecule has 0 fully saturated rings. The summed E-state index contributed by atoms with van der Waals surface area (Å²) < 4.78 is 6.10. The zero-order chi connectivity index (χ0) is 12.5. The van der Waals surface area contributed by atoms with Crippen molar-refractivity contribution in [3.8, 4) is 0 Å². The Labute approximate surface area is 104 Å². The lowest BCUT2D eigenvalue weighted by atomic mass is 9.98. The van der Waals surface area contributed by atoms with Crippen molar-refractivity contribution in [3.05, 3.63) is 35.4 Å². The van der Waals surface area contributed by atoms with E-state index in [2.05, 4.69) is 45.0 Å². The normalized spacial score (nSPS) is 25.2. The monoisotopic (exact) mass is 233 g/mol. The second-order valence-electron chi connectivity index (χ2n) is 5.89. The third-order valence-electron chi connectivity index (χ3n) is 3.25. The Balaban J connectivity index is 2.23. The number of rotatable bonds is 1. The number of benzene rings is 1. The summed E-state index contributed by atoms with van der Waals surface area (Å²) in [6.07, 6.45) is 3.46. The summed E-state index contributed by atoms with van der Waals surface area (Å²) in [6.45, 7) is 6.28. The summed E-state index contributed by atoms with van der Waals surface area (Å²) in [7, 11) is 0. The summed E-state index contributed by atoms with van der Waals surface area (Å²) in [5.74, 6) is 0. The molecule has 1 aliphatic rings. The summed E-state index contributed by atoms with van der Waals surface area (Å²) >= 11 is 0. The van der Waals surface area contributed by atoms with E-state index in [0.717, 1.165) is 19.3 Å². The van der Waals surface area contributed by atoms with Gasteiger partial charge in [-0.25, -0.2) is 0 Å². The van der Waals surface area contributed by atoms with Gasteiger partial charge in [-0.2, -0.15) is 0 Å². The van der Waals surface area contributed by atoms with Gasteiger partial charge in [0.25, 0.3) is 0 Å². The minimum Gasteiger partial charge on any atom is -0.371 e. The van der Waals surface area contributed by atoms with Crippen molar-refractivity contribution in [2.24, 2.45) is 5.73 Å². The zero-order valence-electron chi connectivity index (χ0n) is 11.1.